The molecule has 0 amide bonds. The van der Waals surface area contributed by atoms with Crippen LogP contribution in [0.5, 0.6) is 11.5 Å². The Balaban J connectivity index is 1.16. The number of aliphatic imine (C=N–C) groups is 1. The van der Waals surface area contributed by atoms with Gasteiger partial charge in [0.2, 0.25) is 0 Å². The Morgan fingerprint density at radius 3 is 2.62 bits per heavy atom. The topological polar surface area (TPSA) is 42.8 Å². The largest absolute Gasteiger partial charge is 0.493 e. The van der Waals surface area contributed by atoms with Crippen LogP contribution < -0.4 is 14.8 Å². The molecule has 1 aliphatic carbocycles. The Hall–Kier alpha value is -3.54. The van der Waals surface area contributed by atoms with Gasteiger partial charge in [-0.2, -0.15) is 0 Å². The van der Waals surface area contributed by atoms with Crippen molar-refractivity contribution in [3.05, 3.63) is 129 Å². The number of allylic oxidation sites excluding steroid dienone is 2. The fourth-order valence-electron chi connectivity index (χ4n) is 5.48. The number of rotatable bonds is 7. The SMILES string of the molecule is COc1cc(C=Nc2ccc([C@@H]3Nc4ccccc4[C@H]4C=CC[C@@H]43)cc2)cc(Br)c1OCc1ccc(Cl)cc1. The Kier molecular flexibility index (Phi) is 7.45. The second kappa shape index (κ2) is 11.3. The van der Waals surface area contributed by atoms with E-state index >= 15 is 0 Å². The van der Waals surface area contributed by atoms with Crippen molar-refractivity contribution in [3.8, 4) is 11.5 Å². The van der Waals surface area contributed by atoms with Crippen LogP contribution in [0, 0.1) is 5.92 Å². The van der Waals surface area contributed by atoms with Gasteiger partial charge >= 0.3 is 0 Å². The number of anilines is 1. The molecule has 0 saturated heterocycles. The zero-order chi connectivity index (χ0) is 26.8. The highest BCUT2D eigenvalue weighted by molar-refractivity contribution is 9.10. The highest BCUT2D eigenvalue weighted by atomic mass is 79.9. The molecule has 3 atom stereocenters. The van der Waals surface area contributed by atoms with E-state index in [9.17, 15) is 0 Å². The average Bonchev–Trinajstić information content (AvgIpc) is 3.46. The fourth-order valence-corrected chi connectivity index (χ4v) is 6.18. The first-order valence-electron chi connectivity index (χ1n) is 13.0. The first-order chi connectivity index (χ1) is 19.1. The van der Waals surface area contributed by atoms with Crippen molar-refractivity contribution in [2.24, 2.45) is 10.9 Å². The molecule has 0 bridgehead atoms. The number of nitrogens with zero attached hydrogens (tertiary/aromatic N) is 1. The van der Waals surface area contributed by atoms with Crippen molar-refractivity contribution in [2.75, 3.05) is 12.4 Å². The van der Waals surface area contributed by atoms with Gasteiger partial charge in [-0.3, -0.25) is 4.99 Å². The fraction of sp³-hybridized carbons (Fsp3) is 0.182. The van der Waals surface area contributed by atoms with Crippen LogP contribution in [0.2, 0.25) is 5.02 Å². The molecule has 0 aromatic heterocycles. The van der Waals surface area contributed by atoms with Gasteiger partial charge in [-0.15, -0.1) is 0 Å². The zero-order valence-electron chi connectivity index (χ0n) is 21.5. The number of benzene rings is 4. The molecule has 4 aromatic rings. The first kappa shape index (κ1) is 25.7. The molecule has 1 heterocycles. The van der Waals surface area contributed by atoms with E-state index < -0.39 is 0 Å². The molecule has 6 heteroatoms. The standard InChI is InChI=1S/C33H28BrClN2O2/c1-38-31-18-22(17-29(34)33(31)39-20-21-9-13-24(35)14-10-21)19-36-25-15-11-23(12-16-25)32-28-7-4-6-26(28)27-5-2-3-8-30(27)37-32/h2-6,8-19,26,28,32,37H,7,20H2,1H3/t26-,28+,32+/m1/s1. The summed E-state index contributed by atoms with van der Waals surface area (Å²) < 4.78 is 12.5. The summed E-state index contributed by atoms with van der Waals surface area (Å²) in [7, 11) is 1.64. The zero-order valence-corrected chi connectivity index (χ0v) is 23.8. The molecule has 1 N–H and O–H groups in total. The Bertz CT molecular complexity index is 1530. The second-order valence-electron chi connectivity index (χ2n) is 9.86. The Morgan fingerprint density at radius 2 is 1.82 bits per heavy atom. The van der Waals surface area contributed by atoms with Crippen LogP contribution in [0.15, 0.2) is 107 Å². The molecule has 0 fully saturated rings. The summed E-state index contributed by atoms with van der Waals surface area (Å²) in [5.41, 5.74) is 6.75. The van der Waals surface area contributed by atoms with E-state index in [2.05, 4.69) is 81.9 Å². The van der Waals surface area contributed by atoms with E-state index in [1.54, 1.807) is 7.11 Å². The van der Waals surface area contributed by atoms with Crippen LogP contribution in [0.4, 0.5) is 11.4 Å². The van der Waals surface area contributed by atoms with Crippen molar-refractivity contribution in [1.82, 2.24) is 0 Å². The molecular formula is C33H28BrClN2O2. The van der Waals surface area contributed by atoms with Gasteiger partial charge in [0.05, 0.1) is 23.3 Å². The number of halogens is 2. The molecule has 4 nitrogen and oxygen atoms in total. The van der Waals surface area contributed by atoms with Crippen molar-refractivity contribution in [1.29, 1.82) is 0 Å². The van der Waals surface area contributed by atoms with Crippen LogP contribution in [-0.4, -0.2) is 13.3 Å². The minimum Gasteiger partial charge on any atom is -0.493 e. The van der Waals surface area contributed by atoms with E-state index in [-0.39, 0.29) is 6.04 Å². The van der Waals surface area contributed by atoms with Crippen molar-refractivity contribution in [2.45, 2.75) is 25.0 Å². The van der Waals surface area contributed by atoms with Crippen molar-refractivity contribution >= 4 is 45.1 Å². The maximum Gasteiger partial charge on any atom is 0.175 e. The summed E-state index contributed by atoms with van der Waals surface area (Å²) in [4.78, 5) is 4.73. The van der Waals surface area contributed by atoms with Gasteiger partial charge in [0, 0.05) is 22.8 Å². The third-order valence-electron chi connectivity index (χ3n) is 7.44. The number of ether oxygens (including phenoxy) is 2. The van der Waals surface area contributed by atoms with Crippen LogP contribution in [0.25, 0.3) is 0 Å². The van der Waals surface area contributed by atoms with Gasteiger partial charge in [0.1, 0.15) is 6.61 Å². The molecule has 0 unspecified atom stereocenters. The predicted octanol–water partition coefficient (Wildman–Crippen LogP) is 9.27. The third kappa shape index (κ3) is 5.47. The van der Waals surface area contributed by atoms with E-state index in [1.807, 2.05) is 42.6 Å². The molecule has 0 spiro atoms. The molecule has 4 aromatic carbocycles. The third-order valence-corrected chi connectivity index (χ3v) is 8.28. The monoisotopic (exact) mass is 598 g/mol. The average molecular weight is 600 g/mol. The van der Waals surface area contributed by atoms with Gasteiger partial charge in [-0.1, -0.05) is 66.2 Å². The number of hydrogen-bond acceptors (Lipinski definition) is 4. The first-order valence-corrected chi connectivity index (χ1v) is 14.2. The summed E-state index contributed by atoms with van der Waals surface area (Å²) >= 11 is 9.62. The number of methoxy groups -OCH3 is 1. The molecule has 0 radical (unpaired) electrons. The van der Waals surface area contributed by atoms with Gasteiger partial charge in [0.15, 0.2) is 11.5 Å². The van der Waals surface area contributed by atoms with Crippen molar-refractivity contribution in [3.63, 3.8) is 0 Å². The van der Waals surface area contributed by atoms with Crippen LogP contribution in [0.3, 0.4) is 0 Å². The minimum absolute atomic E-state index is 0.276. The second-order valence-corrected chi connectivity index (χ2v) is 11.2. The summed E-state index contributed by atoms with van der Waals surface area (Å²) in [5.74, 6) is 2.28. The van der Waals surface area contributed by atoms with E-state index in [0.29, 0.717) is 35.0 Å². The maximum absolute atomic E-state index is 6.06. The summed E-state index contributed by atoms with van der Waals surface area (Å²) in [6.07, 6.45) is 7.63. The normalized spacial score (nSPS) is 19.4. The van der Waals surface area contributed by atoms with Crippen LogP contribution in [-0.2, 0) is 6.61 Å². The smallest absolute Gasteiger partial charge is 0.175 e. The molecule has 2 aliphatic rings. The molecule has 0 saturated carbocycles. The summed E-state index contributed by atoms with van der Waals surface area (Å²) in [5, 5.41) is 4.49. The van der Waals surface area contributed by atoms with Crippen LogP contribution in [0.1, 0.15) is 40.6 Å². The van der Waals surface area contributed by atoms with E-state index in [4.69, 9.17) is 26.1 Å². The number of hydrogen-bond donors (Lipinski definition) is 1. The Morgan fingerprint density at radius 1 is 1.03 bits per heavy atom. The van der Waals surface area contributed by atoms with Gasteiger partial charge in [-0.05, 0) is 93.0 Å². The van der Waals surface area contributed by atoms with E-state index in [1.165, 1.54) is 16.8 Å². The molecule has 1 aliphatic heterocycles. The lowest BCUT2D eigenvalue weighted by atomic mass is 9.77. The molecule has 39 heavy (non-hydrogen) atoms. The highest BCUT2D eigenvalue weighted by Gasteiger charge is 2.37. The van der Waals surface area contributed by atoms with Gasteiger partial charge < -0.3 is 14.8 Å². The summed E-state index contributed by atoms with van der Waals surface area (Å²) in [6, 6.07) is 29.0. The number of fused-ring (bicyclic) bond motifs is 3. The van der Waals surface area contributed by atoms with Gasteiger partial charge in [0.25, 0.3) is 0 Å². The molecule has 196 valence electrons. The lowest BCUT2D eigenvalue weighted by Gasteiger charge is -2.37. The van der Waals surface area contributed by atoms with Gasteiger partial charge in [-0.25, -0.2) is 0 Å². The molecule has 6 rings (SSSR count). The molecular weight excluding hydrogens is 572 g/mol. The number of para-hydroxylation sites is 1. The van der Waals surface area contributed by atoms with E-state index in [0.717, 1.165) is 27.7 Å². The lowest BCUT2D eigenvalue weighted by molar-refractivity contribution is 0.282. The van der Waals surface area contributed by atoms with Crippen LogP contribution >= 0.6 is 27.5 Å². The predicted molar refractivity (Wildman–Crippen MR) is 163 cm³/mol. The number of nitrogens with one attached hydrogen (secondary N) is 1. The summed E-state index contributed by atoms with van der Waals surface area (Å²) in [6.45, 7) is 0.408. The lowest BCUT2D eigenvalue weighted by Crippen LogP contribution is -2.28. The minimum atomic E-state index is 0.276. The Labute approximate surface area is 242 Å². The highest BCUT2D eigenvalue weighted by Crippen LogP contribution is 2.49. The maximum atomic E-state index is 6.06. The van der Waals surface area contributed by atoms with Crippen molar-refractivity contribution < 1.29 is 9.47 Å². The quantitative estimate of drug-likeness (QED) is 0.170.